The summed E-state index contributed by atoms with van der Waals surface area (Å²) in [6, 6.07) is 9.87. The van der Waals surface area contributed by atoms with Crippen molar-refractivity contribution in [3.05, 3.63) is 58.1 Å². The summed E-state index contributed by atoms with van der Waals surface area (Å²) in [6.07, 6.45) is 1.64. The molecule has 4 heteroatoms. The summed E-state index contributed by atoms with van der Waals surface area (Å²) in [5.41, 5.74) is 3.46. The van der Waals surface area contributed by atoms with Crippen LogP contribution >= 0.6 is 0 Å². The van der Waals surface area contributed by atoms with E-state index in [0.29, 0.717) is 23.7 Å². The minimum atomic E-state index is -0.976. The molecule has 0 aromatic heterocycles. The van der Waals surface area contributed by atoms with Crippen LogP contribution in [-0.4, -0.2) is 16.7 Å². The summed E-state index contributed by atoms with van der Waals surface area (Å²) in [6.45, 7) is 8.17. The van der Waals surface area contributed by atoms with Gasteiger partial charge in [0.1, 0.15) is 29.3 Å². The molecule has 0 unspecified atom stereocenters. The first-order chi connectivity index (χ1) is 11.8. The van der Waals surface area contributed by atoms with Crippen LogP contribution in [-0.2, 0) is 13.0 Å². The molecule has 0 bridgehead atoms. The van der Waals surface area contributed by atoms with Gasteiger partial charge in [-0.15, -0.1) is 0 Å². The third-order valence-electron chi connectivity index (χ3n) is 4.81. The fourth-order valence-electron chi connectivity index (χ4n) is 3.39. The number of hydrogen-bond donors (Lipinski definition) is 1. The van der Waals surface area contributed by atoms with Gasteiger partial charge in [0.05, 0.1) is 0 Å². The van der Waals surface area contributed by atoms with Crippen LogP contribution in [0.4, 0.5) is 0 Å². The molecule has 0 spiro atoms. The topological polar surface area (TPSA) is 55.8 Å². The Morgan fingerprint density at radius 3 is 2.52 bits per heavy atom. The molecular weight excluding hydrogens is 316 g/mol. The van der Waals surface area contributed by atoms with Gasteiger partial charge in [0.25, 0.3) is 0 Å². The van der Waals surface area contributed by atoms with Crippen molar-refractivity contribution in [3.8, 4) is 11.5 Å². The Kier molecular flexibility index (Phi) is 4.46. The zero-order valence-corrected chi connectivity index (χ0v) is 15.2. The molecule has 1 aliphatic rings. The molecule has 4 nitrogen and oxygen atoms in total. The highest BCUT2D eigenvalue weighted by Gasteiger charge is 2.34. The number of hydrogen-bond acceptors (Lipinski definition) is 3. The third kappa shape index (κ3) is 3.34. The van der Waals surface area contributed by atoms with Gasteiger partial charge in [0, 0.05) is 11.1 Å². The Morgan fingerprint density at radius 2 is 1.88 bits per heavy atom. The number of ether oxygens (including phenoxy) is 2. The second-order valence-electron chi connectivity index (χ2n) is 7.20. The molecule has 0 aliphatic carbocycles. The van der Waals surface area contributed by atoms with Crippen LogP contribution in [0.5, 0.6) is 11.5 Å². The van der Waals surface area contributed by atoms with E-state index in [4.69, 9.17) is 9.47 Å². The maximum atomic E-state index is 11.9. The minimum absolute atomic E-state index is 0.219. The van der Waals surface area contributed by atoms with E-state index in [1.165, 1.54) is 0 Å². The molecule has 25 heavy (non-hydrogen) atoms. The first-order valence-corrected chi connectivity index (χ1v) is 8.55. The molecule has 0 saturated heterocycles. The van der Waals surface area contributed by atoms with Crippen LogP contribution in [0.3, 0.4) is 0 Å². The fraction of sp³-hybridized carbons (Fsp3) is 0.381. The Balaban J connectivity index is 2.05. The summed E-state index contributed by atoms with van der Waals surface area (Å²) >= 11 is 0. The van der Waals surface area contributed by atoms with Gasteiger partial charge >= 0.3 is 5.97 Å². The van der Waals surface area contributed by atoms with Gasteiger partial charge in [-0.2, -0.15) is 0 Å². The van der Waals surface area contributed by atoms with E-state index in [2.05, 4.69) is 0 Å². The van der Waals surface area contributed by atoms with Gasteiger partial charge in [-0.05, 0) is 51.7 Å². The van der Waals surface area contributed by atoms with Crippen LogP contribution in [0, 0.1) is 13.8 Å². The smallest absolute Gasteiger partial charge is 0.339 e. The van der Waals surface area contributed by atoms with E-state index in [0.717, 1.165) is 29.5 Å². The maximum absolute atomic E-state index is 11.9. The van der Waals surface area contributed by atoms with Crippen molar-refractivity contribution in [2.75, 3.05) is 0 Å². The molecule has 0 saturated carbocycles. The highest BCUT2D eigenvalue weighted by molar-refractivity contribution is 5.94. The normalized spacial score (nSPS) is 15.2. The van der Waals surface area contributed by atoms with Crippen molar-refractivity contribution in [1.82, 2.24) is 0 Å². The summed E-state index contributed by atoms with van der Waals surface area (Å²) in [4.78, 5) is 11.9. The van der Waals surface area contributed by atoms with E-state index < -0.39 is 5.97 Å². The highest BCUT2D eigenvalue weighted by atomic mass is 16.5. The molecule has 0 amide bonds. The molecular formula is C21H24O4. The van der Waals surface area contributed by atoms with Gasteiger partial charge in [-0.25, -0.2) is 4.79 Å². The molecule has 1 aliphatic heterocycles. The predicted octanol–water partition coefficient (Wildman–Crippen LogP) is 4.68. The number of carboxylic acids is 1. The Labute approximate surface area is 148 Å². The standard InChI is InChI=1S/C21H24O4/c1-13-16-10-11-21(3,4)25-19(16)17(20(22)23)14(2)18(13)24-12-15-8-6-5-7-9-15/h5-9H,10-12H2,1-4H3,(H,22,23). The molecule has 0 atom stereocenters. The lowest BCUT2D eigenvalue weighted by molar-refractivity contribution is 0.0640. The van der Waals surface area contributed by atoms with Crippen LogP contribution in [0.2, 0.25) is 0 Å². The molecule has 2 aromatic rings. The first kappa shape index (κ1) is 17.3. The van der Waals surface area contributed by atoms with Gasteiger partial charge in [0.15, 0.2) is 0 Å². The minimum Gasteiger partial charge on any atom is -0.488 e. The van der Waals surface area contributed by atoms with Crippen LogP contribution in [0.1, 0.15) is 52.9 Å². The maximum Gasteiger partial charge on any atom is 0.339 e. The lowest BCUT2D eigenvalue weighted by Gasteiger charge is -2.35. The van der Waals surface area contributed by atoms with E-state index in [9.17, 15) is 9.90 Å². The molecule has 132 valence electrons. The first-order valence-electron chi connectivity index (χ1n) is 8.55. The van der Waals surface area contributed by atoms with Crippen molar-refractivity contribution in [3.63, 3.8) is 0 Å². The van der Waals surface area contributed by atoms with E-state index in [1.54, 1.807) is 6.92 Å². The van der Waals surface area contributed by atoms with Crippen molar-refractivity contribution in [2.24, 2.45) is 0 Å². The van der Waals surface area contributed by atoms with E-state index in [1.807, 2.05) is 51.1 Å². The summed E-state index contributed by atoms with van der Waals surface area (Å²) in [7, 11) is 0. The summed E-state index contributed by atoms with van der Waals surface area (Å²) in [5, 5.41) is 9.76. The van der Waals surface area contributed by atoms with Gasteiger partial charge in [-0.1, -0.05) is 30.3 Å². The van der Waals surface area contributed by atoms with Crippen LogP contribution < -0.4 is 9.47 Å². The highest BCUT2D eigenvalue weighted by Crippen LogP contribution is 2.44. The van der Waals surface area contributed by atoms with Crippen LogP contribution in [0.25, 0.3) is 0 Å². The zero-order chi connectivity index (χ0) is 18.2. The second-order valence-corrected chi connectivity index (χ2v) is 7.20. The number of carbonyl (C=O) groups is 1. The quantitative estimate of drug-likeness (QED) is 0.878. The largest absolute Gasteiger partial charge is 0.488 e. The zero-order valence-electron chi connectivity index (χ0n) is 15.2. The molecule has 0 radical (unpaired) electrons. The number of benzene rings is 2. The Morgan fingerprint density at radius 1 is 1.20 bits per heavy atom. The van der Waals surface area contributed by atoms with Crippen molar-refractivity contribution in [1.29, 1.82) is 0 Å². The van der Waals surface area contributed by atoms with E-state index >= 15 is 0 Å². The van der Waals surface area contributed by atoms with E-state index in [-0.39, 0.29) is 11.2 Å². The summed E-state index contributed by atoms with van der Waals surface area (Å²) in [5.74, 6) is 0.185. The number of rotatable bonds is 4. The van der Waals surface area contributed by atoms with Gasteiger partial charge in [-0.3, -0.25) is 0 Å². The number of fused-ring (bicyclic) bond motifs is 1. The van der Waals surface area contributed by atoms with Crippen molar-refractivity contribution >= 4 is 5.97 Å². The molecule has 2 aromatic carbocycles. The molecule has 1 heterocycles. The van der Waals surface area contributed by atoms with Crippen molar-refractivity contribution < 1.29 is 19.4 Å². The Hall–Kier alpha value is -2.49. The lowest BCUT2D eigenvalue weighted by atomic mass is 9.87. The predicted molar refractivity (Wildman–Crippen MR) is 96.7 cm³/mol. The average molecular weight is 340 g/mol. The third-order valence-corrected chi connectivity index (χ3v) is 4.81. The van der Waals surface area contributed by atoms with Gasteiger partial charge in [0.2, 0.25) is 0 Å². The molecule has 1 N–H and O–H groups in total. The summed E-state index contributed by atoms with van der Waals surface area (Å²) < 4.78 is 12.1. The average Bonchev–Trinajstić information content (AvgIpc) is 2.54. The SMILES string of the molecule is Cc1c2c(c(C(=O)O)c(C)c1OCc1ccccc1)OC(C)(C)CC2. The Bertz CT molecular complexity index is 807. The fourth-order valence-corrected chi connectivity index (χ4v) is 3.39. The lowest BCUT2D eigenvalue weighted by Crippen LogP contribution is -2.34. The van der Waals surface area contributed by atoms with Crippen molar-refractivity contribution in [2.45, 2.75) is 52.7 Å². The second kappa shape index (κ2) is 6.43. The molecule has 3 rings (SSSR count). The molecule has 0 fully saturated rings. The number of aromatic carboxylic acids is 1. The van der Waals surface area contributed by atoms with Crippen LogP contribution in [0.15, 0.2) is 30.3 Å². The van der Waals surface area contributed by atoms with Gasteiger partial charge < -0.3 is 14.6 Å². The number of carboxylic acid groups (broad SMARTS) is 1. The monoisotopic (exact) mass is 340 g/mol.